The molecule has 1 rings (SSSR count). The van der Waals surface area contributed by atoms with Crippen LogP contribution in [0, 0.1) is 0 Å². The van der Waals surface area contributed by atoms with Crippen molar-refractivity contribution >= 4 is 20.6 Å². The molecule has 0 amide bonds. The van der Waals surface area contributed by atoms with Gasteiger partial charge in [-0.25, -0.2) is 8.42 Å². The molecular weight excluding hydrogens is 258 g/mol. The van der Waals surface area contributed by atoms with Crippen molar-refractivity contribution in [3.63, 3.8) is 0 Å². The van der Waals surface area contributed by atoms with Crippen molar-refractivity contribution in [3.05, 3.63) is 29.8 Å². The molecule has 0 saturated carbocycles. The molecule has 0 bridgehead atoms. The summed E-state index contributed by atoms with van der Waals surface area (Å²) in [6, 6.07) is 6.49. The van der Waals surface area contributed by atoms with Gasteiger partial charge in [-0.15, -0.1) is 0 Å². The highest BCUT2D eigenvalue weighted by atomic mass is 32.2. The fourth-order valence-corrected chi connectivity index (χ4v) is 3.99. The predicted molar refractivity (Wildman–Crippen MR) is 69.9 cm³/mol. The number of nitrogens with two attached hydrogens (primary N) is 1. The molecule has 0 fully saturated rings. The van der Waals surface area contributed by atoms with Crippen LogP contribution >= 0.6 is 0 Å². The van der Waals surface area contributed by atoms with Crippen LogP contribution in [0.2, 0.25) is 0 Å². The molecule has 0 radical (unpaired) electrons. The largest absolute Gasteiger partial charge is 0.326 e. The van der Waals surface area contributed by atoms with E-state index in [9.17, 15) is 12.6 Å². The molecule has 0 spiro atoms. The van der Waals surface area contributed by atoms with Crippen molar-refractivity contribution in [2.24, 2.45) is 5.73 Å². The highest BCUT2D eigenvalue weighted by Crippen LogP contribution is 2.12. The fourth-order valence-electron chi connectivity index (χ4n) is 1.30. The second-order valence-corrected chi connectivity index (χ2v) is 7.57. The molecule has 0 aliphatic carbocycles. The van der Waals surface area contributed by atoms with Gasteiger partial charge in [-0.1, -0.05) is 19.1 Å². The van der Waals surface area contributed by atoms with Crippen LogP contribution in [0.3, 0.4) is 0 Å². The lowest BCUT2D eigenvalue weighted by molar-refractivity contribution is 0.597. The lowest BCUT2D eigenvalue weighted by Gasteiger charge is -2.04. The zero-order chi connectivity index (χ0) is 12.9. The topological polar surface area (TPSA) is 77.2 Å². The van der Waals surface area contributed by atoms with Gasteiger partial charge in [0.2, 0.25) is 0 Å². The predicted octanol–water partition coefficient (Wildman–Crippen LogP) is 0.688. The van der Waals surface area contributed by atoms with Crippen LogP contribution in [0.1, 0.15) is 12.5 Å². The SMILES string of the molecule is CCS(=O)CCS(=O)(=O)c1ccc(CN)cc1. The summed E-state index contributed by atoms with van der Waals surface area (Å²) in [4.78, 5) is 0.266. The fraction of sp³-hybridized carbons (Fsp3) is 0.455. The highest BCUT2D eigenvalue weighted by molar-refractivity contribution is 7.93. The van der Waals surface area contributed by atoms with Crippen molar-refractivity contribution in [2.75, 3.05) is 17.3 Å². The molecule has 1 aromatic carbocycles. The summed E-state index contributed by atoms with van der Waals surface area (Å²) in [6.45, 7) is 2.17. The average molecular weight is 275 g/mol. The normalized spacial score (nSPS) is 13.5. The molecule has 0 aliphatic rings. The Morgan fingerprint density at radius 1 is 1.24 bits per heavy atom. The van der Waals surface area contributed by atoms with Gasteiger partial charge in [-0.2, -0.15) is 0 Å². The van der Waals surface area contributed by atoms with Crippen LogP contribution in [0.25, 0.3) is 0 Å². The van der Waals surface area contributed by atoms with Gasteiger partial charge in [0.1, 0.15) is 0 Å². The first-order valence-corrected chi connectivity index (χ1v) is 8.50. The minimum Gasteiger partial charge on any atom is -0.326 e. The maximum absolute atomic E-state index is 11.9. The molecule has 1 atom stereocenters. The Labute approximate surface area is 105 Å². The summed E-state index contributed by atoms with van der Waals surface area (Å²) >= 11 is 0. The third kappa shape index (κ3) is 4.22. The van der Waals surface area contributed by atoms with E-state index >= 15 is 0 Å². The Hall–Kier alpha value is -0.720. The van der Waals surface area contributed by atoms with E-state index in [0.717, 1.165) is 5.56 Å². The number of rotatable bonds is 6. The molecule has 0 aliphatic heterocycles. The van der Waals surface area contributed by atoms with Gasteiger partial charge in [0, 0.05) is 28.9 Å². The lowest BCUT2D eigenvalue weighted by Crippen LogP contribution is -2.14. The molecule has 0 saturated heterocycles. The maximum atomic E-state index is 11.9. The first-order chi connectivity index (χ1) is 7.99. The van der Waals surface area contributed by atoms with Crippen LogP contribution in [0.4, 0.5) is 0 Å². The van der Waals surface area contributed by atoms with Gasteiger partial charge < -0.3 is 5.73 Å². The van der Waals surface area contributed by atoms with E-state index in [1.54, 1.807) is 31.2 Å². The highest BCUT2D eigenvalue weighted by Gasteiger charge is 2.15. The van der Waals surface area contributed by atoms with Gasteiger partial charge in [-0.05, 0) is 17.7 Å². The van der Waals surface area contributed by atoms with Crippen LogP contribution in [-0.4, -0.2) is 29.9 Å². The molecule has 1 unspecified atom stereocenters. The van der Waals surface area contributed by atoms with Crippen molar-refractivity contribution in [3.8, 4) is 0 Å². The summed E-state index contributed by atoms with van der Waals surface area (Å²) in [7, 11) is -4.38. The van der Waals surface area contributed by atoms with Gasteiger partial charge >= 0.3 is 0 Å². The van der Waals surface area contributed by atoms with E-state index in [2.05, 4.69) is 0 Å². The van der Waals surface area contributed by atoms with E-state index in [1.807, 2.05) is 0 Å². The van der Waals surface area contributed by atoms with E-state index in [-0.39, 0.29) is 16.4 Å². The van der Waals surface area contributed by atoms with Crippen molar-refractivity contribution < 1.29 is 12.6 Å². The van der Waals surface area contributed by atoms with Gasteiger partial charge in [0.05, 0.1) is 10.6 Å². The Bertz CT molecular complexity index is 480. The summed E-state index contributed by atoms with van der Waals surface area (Å²) in [5, 5.41) is 0. The van der Waals surface area contributed by atoms with Crippen LogP contribution in [-0.2, 0) is 27.2 Å². The van der Waals surface area contributed by atoms with Crippen molar-refractivity contribution in [1.82, 2.24) is 0 Å². The summed E-state index contributed by atoms with van der Waals surface area (Å²) in [5.41, 5.74) is 6.33. The van der Waals surface area contributed by atoms with Crippen molar-refractivity contribution in [1.29, 1.82) is 0 Å². The second kappa shape index (κ2) is 6.28. The van der Waals surface area contributed by atoms with Gasteiger partial charge in [0.15, 0.2) is 9.84 Å². The molecule has 4 nitrogen and oxygen atoms in total. The average Bonchev–Trinajstić information content (AvgIpc) is 2.36. The molecule has 6 heteroatoms. The first kappa shape index (κ1) is 14.3. The Morgan fingerprint density at radius 3 is 2.29 bits per heavy atom. The molecule has 17 heavy (non-hydrogen) atoms. The molecule has 96 valence electrons. The molecule has 2 N–H and O–H groups in total. The Morgan fingerprint density at radius 2 is 1.82 bits per heavy atom. The Balaban J connectivity index is 2.78. The second-order valence-electron chi connectivity index (χ2n) is 3.60. The number of hydrogen-bond acceptors (Lipinski definition) is 4. The molecule has 0 aromatic heterocycles. The zero-order valence-corrected chi connectivity index (χ0v) is 11.4. The summed E-state index contributed by atoms with van der Waals surface area (Å²) < 4.78 is 35.0. The van der Waals surface area contributed by atoms with E-state index in [0.29, 0.717) is 12.3 Å². The van der Waals surface area contributed by atoms with Gasteiger partial charge in [0.25, 0.3) is 0 Å². The molecular formula is C11H17NO3S2. The monoisotopic (exact) mass is 275 g/mol. The smallest absolute Gasteiger partial charge is 0.179 e. The van der Waals surface area contributed by atoms with E-state index in [4.69, 9.17) is 5.73 Å². The van der Waals surface area contributed by atoms with Crippen molar-refractivity contribution in [2.45, 2.75) is 18.4 Å². The van der Waals surface area contributed by atoms with Crippen LogP contribution in [0.5, 0.6) is 0 Å². The zero-order valence-electron chi connectivity index (χ0n) is 9.76. The minimum absolute atomic E-state index is 0.0740. The first-order valence-electron chi connectivity index (χ1n) is 5.36. The number of sulfone groups is 1. The Kier molecular flexibility index (Phi) is 5.30. The quantitative estimate of drug-likeness (QED) is 0.828. The molecule has 1 aromatic rings. The summed E-state index contributed by atoms with van der Waals surface area (Å²) in [6.07, 6.45) is 0. The van der Waals surface area contributed by atoms with Crippen LogP contribution in [0.15, 0.2) is 29.2 Å². The number of hydrogen-bond donors (Lipinski definition) is 1. The maximum Gasteiger partial charge on any atom is 0.179 e. The third-order valence-electron chi connectivity index (χ3n) is 2.42. The van der Waals surface area contributed by atoms with E-state index in [1.165, 1.54) is 0 Å². The standard InChI is InChI=1S/C11H17NO3S2/c1-2-16(13)7-8-17(14,15)11-5-3-10(9-12)4-6-11/h3-6H,2,7-9,12H2,1H3. The summed E-state index contributed by atoms with van der Waals surface area (Å²) in [5.74, 6) is 0.606. The minimum atomic E-state index is -3.32. The molecule has 0 heterocycles. The van der Waals surface area contributed by atoms with Crippen LogP contribution < -0.4 is 5.73 Å². The third-order valence-corrected chi connectivity index (χ3v) is 5.71. The lowest BCUT2D eigenvalue weighted by atomic mass is 10.2. The van der Waals surface area contributed by atoms with E-state index < -0.39 is 20.6 Å². The van der Waals surface area contributed by atoms with Gasteiger partial charge in [-0.3, -0.25) is 4.21 Å². The number of benzene rings is 1.